The minimum absolute atomic E-state index is 0.243. The average Bonchev–Trinajstić information content (AvgIpc) is 2.92. The summed E-state index contributed by atoms with van der Waals surface area (Å²) in [5.74, 6) is 0.516. The third-order valence-corrected chi connectivity index (χ3v) is 3.81. The standard InChI is InChI=1S/C17H12FNO/c18-13-8-5-12(6-9-13)17-15-10-7-11-3-1-2-4-14(11)16(15)19-20-17/h1-6,8-9H,7,10H2. The molecule has 0 atom stereocenters. The van der Waals surface area contributed by atoms with Gasteiger partial charge in [-0.3, -0.25) is 0 Å². The van der Waals surface area contributed by atoms with Gasteiger partial charge >= 0.3 is 0 Å². The van der Waals surface area contributed by atoms with Crippen LogP contribution in [0.4, 0.5) is 4.39 Å². The van der Waals surface area contributed by atoms with E-state index in [0.29, 0.717) is 0 Å². The van der Waals surface area contributed by atoms with Crippen molar-refractivity contribution in [2.24, 2.45) is 0 Å². The second-order valence-electron chi connectivity index (χ2n) is 5.00. The van der Waals surface area contributed by atoms with Gasteiger partial charge in [-0.25, -0.2) is 4.39 Å². The highest BCUT2D eigenvalue weighted by Crippen LogP contribution is 2.38. The molecule has 2 aromatic carbocycles. The van der Waals surface area contributed by atoms with Crippen molar-refractivity contribution in [3.8, 4) is 22.6 Å². The first kappa shape index (κ1) is 11.4. The van der Waals surface area contributed by atoms with Crippen LogP contribution in [0, 0.1) is 5.82 Å². The molecule has 0 aliphatic heterocycles. The van der Waals surface area contributed by atoms with Crippen molar-refractivity contribution in [3.63, 3.8) is 0 Å². The number of benzene rings is 2. The molecule has 0 bridgehead atoms. The molecule has 0 fully saturated rings. The van der Waals surface area contributed by atoms with Crippen LogP contribution in [0.5, 0.6) is 0 Å². The fraction of sp³-hybridized carbons (Fsp3) is 0.118. The van der Waals surface area contributed by atoms with E-state index in [9.17, 15) is 4.39 Å². The zero-order valence-corrected chi connectivity index (χ0v) is 10.8. The minimum Gasteiger partial charge on any atom is -0.355 e. The maximum Gasteiger partial charge on any atom is 0.170 e. The predicted molar refractivity (Wildman–Crippen MR) is 74.7 cm³/mol. The van der Waals surface area contributed by atoms with Crippen molar-refractivity contribution >= 4 is 0 Å². The summed E-state index contributed by atoms with van der Waals surface area (Å²) in [7, 11) is 0. The normalized spacial score (nSPS) is 12.8. The summed E-state index contributed by atoms with van der Waals surface area (Å²) in [5, 5.41) is 4.23. The van der Waals surface area contributed by atoms with Gasteiger partial charge in [0, 0.05) is 16.7 Å². The largest absolute Gasteiger partial charge is 0.355 e. The molecule has 3 heteroatoms. The fourth-order valence-electron chi connectivity index (χ4n) is 2.81. The van der Waals surface area contributed by atoms with Crippen LogP contribution in [0.25, 0.3) is 22.6 Å². The van der Waals surface area contributed by atoms with Crippen LogP contribution in [0.2, 0.25) is 0 Å². The maximum atomic E-state index is 13.0. The molecule has 20 heavy (non-hydrogen) atoms. The van der Waals surface area contributed by atoms with E-state index in [1.54, 1.807) is 12.1 Å². The Bertz CT molecular complexity index is 774. The smallest absolute Gasteiger partial charge is 0.170 e. The lowest BCUT2D eigenvalue weighted by molar-refractivity contribution is 0.434. The first-order chi connectivity index (χ1) is 9.83. The highest BCUT2D eigenvalue weighted by atomic mass is 19.1. The number of hydrogen-bond donors (Lipinski definition) is 0. The van der Waals surface area contributed by atoms with E-state index >= 15 is 0 Å². The first-order valence-corrected chi connectivity index (χ1v) is 6.66. The Morgan fingerprint density at radius 3 is 2.60 bits per heavy atom. The summed E-state index contributed by atoms with van der Waals surface area (Å²) < 4.78 is 18.5. The lowest BCUT2D eigenvalue weighted by Crippen LogP contribution is -2.03. The van der Waals surface area contributed by atoms with E-state index < -0.39 is 0 Å². The monoisotopic (exact) mass is 265 g/mol. The molecule has 98 valence electrons. The molecule has 2 nitrogen and oxygen atoms in total. The molecule has 1 aromatic heterocycles. The molecule has 4 rings (SSSR count). The Labute approximate surface area is 115 Å². The second kappa shape index (κ2) is 4.30. The Morgan fingerprint density at radius 2 is 1.75 bits per heavy atom. The summed E-state index contributed by atoms with van der Waals surface area (Å²) in [6.07, 6.45) is 1.89. The molecule has 1 aliphatic carbocycles. The van der Waals surface area contributed by atoms with Gasteiger partial charge in [-0.15, -0.1) is 0 Å². The van der Waals surface area contributed by atoms with Gasteiger partial charge in [-0.1, -0.05) is 29.4 Å². The Kier molecular flexibility index (Phi) is 2.46. The summed E-state index contributed by atoms with van der Waals surface area (Å²) in [6, 6.07) is 14.6. The van der Waals surface area contributed by atoms with Crippen molar-refractivity contribution < 1.29 is 8.91 Å². The number of rotatable bonds is 1. The number of aryl methyl sites for hydroxylation is 1. The van der Waals surface area contributed by atoms with Gasteiger partial charge in [-0.05, 0) is 42.7 Å². The molecule has 0 spiro atoms. The van der Waals surface area contributed by atoms with Crippen molar-refractivity contribution in [2.75, 3.05) is 0 Å². The Balaban J connectivity index is 1.87. The van der Waals surface area contributed by atoms with Crippen molar-refractivity contribution in [3.05, 3.63) is 65.5 Å². The molecule has 0 unspecified atom stereocenters. The minimum atomic E-state index is -0.243. The molecule has 0 saturated heterocycles. The lowest BCUT2D eigenvalue weighted by atomic mass is 9.88. The number of halogens is 1. The molecule has 0 radical (unpaired) electrons. The molecule has 0 N–H and O–H groups in total. The summed E-state index contributed by atoms with van der Waals surface area (Å²) >= 11 is 0. The van der Waals surface area contributed by atoms with Gasteiger partial charge < -0.3 is 4.52 Å². The SMILES string of the molecule is Fc1ccc(-c2onc3c2CCc2ccccc2-3)cc1. The molecule has 0 saturated carbocycles. The van der Waals surface area contributed by atoms with E-state index in [1.807, 2.05) is 12.1 Å². The van der Waals surface area contributed by atoms with E-state index in [1.165, 1.54) is 17.7 Å². The van der Waals surface area contributed by atoms with Crippen molar-refractivity contribution in [1.29, 1.82) is 0 Å². The fourth-order valence-corrected chi connectivity index (χ4v) is 2.81. The first-order valence-electron chi connectivity index (χ1n) is 6.66. The third-order valence-electron chi connectivity index (χ3n) is 3.81. The van der Waals surface area contributed by atoms with E-state index in [0.717, 1.165) is 41.0 Å². The maximum absolute atomic E-state index is 13.0. The van der Waals surface area contributed by atoms with Crippen LogP contribution in [-0.4, -0.2) is 5.16 Å². The van der Waals surface area contributed by atoms with Gasteiger partial charge in [0.1, 0.15) is 11.5 Å². The number of nitrogens with zero attached hydrogens (tertiary/aromatic N) is 1. The molecular formula is C17H12FNO. The van der Waals surface area contributed by atoms with Crippen molar-refractivity contribution in [1.82, 2.24) is 5.16 Å². The summed E-state index contributed by atoms with van der Waals surface area (Å²) in [4.78, 5) is 0. The second-order valence-corrected chi connectivity index (χ2v) is 5.00. The topological polar surface area (TPSA) is 26.0 Å². The quantitative estimate of drug-likeness (QED) is 0.657. The van der Waals surface area contributed by atoms with Crippen LogP contribution >= 0.6 is 0 Å². The highest BCUT2D eigenvalue weighted by molar-refractivity contribution is 5.76. The van der Waals surface area contributed by atoms with Crippen LogP contribution < -0.4 is 0 Å². The highest BCUT2D eigenvalue weighted by Gasteiger charge is 2.24. The number of hydrogen-bond acceptors (Lipinski definition) is 2. The van der Waals surface area contributed by atoms with E-state index in [4.69, 9.17) is 4.52 Å². The van der Waals surface area contributed by atoms with Gasteiger partial charge in [-0.2, -0.15) is 0 Å². The van der Waals surface area contributed by atoms with Crippen LogP contribution in [0.1, 0.15) is 11.1 Å². The van der Waals surface area contributed by atoms with Gasteiger partial charge in [0.05, 0.1) is 0 Å². The molecule has 1 heterocycles. The lowest BCUT2D eigenvalue weighted by Gasteiger charge is -2.14. The molecule has 1 aliphatic rings. The van der Waals surface area contributed by atoms with Crippen LogP contribution in [-0.2, 0) is 12.8 Å². The van der Waals surface area contributed by atoms with Crippen molar-refractivity contribution in [2.45, 2.75) is 12.8 Å². The average molecular weight is 265 g/mol. The zero-order chi connectivity index (χ0) is 13.5. The Morgan fingerprint density at radius 1 is 0.950 bits per heavy atom. The Hall–Kier alpha value is -2.42. The number of aromatic nitrogens is 1. The summed E-state index contributed by atoms with van der Waals surface area (Å²) in [6.45, 7) is 0. The van der Waals surface area contributed by atoms with Gasteiger partial charge in [0.25, 0.3) is 0 Å². The predicted octanol–water partition coefficient (Wildman–Crippen LogP) is 4.25. The van der Waals surface area contributed by atoms with Crippen LogP contribution in [0.3, 0.4) is 0 Å². The molecule has 3 aromatic rings. The number of fused-ring (bicyclic) bond motifs is 3. The van der Waals surface area contributed by atoms with Crippen LogP contribution in [0.15, 0.2) is 53.1 Å². The van der Waals surface area contributed by atoms with Gasteiger partial charge in [0.15, 0.2) is 5.76 Å². The van der Waals surface area contributed by atoms with Gasteiger partial charge in [0.2, 0.25) is 0 Å². The zero-order valence-electron chi connectivity index (χ0n) is 10.8. The summed E-state index contributed by atoms with van der Waals surface area (Å²) in [5.41, 5.74) is 5.37. The van der Waals surface area contributed by atoms with E-state index in [-0.39, 0.29) is 5.82 Å². The third kappa shape index (κ3) is 1.67. The molecule has 0 amide bonds. The molecular weight excluding hydrogens is 253 g/mol. The van der Waals surface area contributed by atoms with E-state index in [2.05, 4.69) is 17.3 Å².